The molecule has 0 aromatic carbocycles. The van der Waals surface area contributed by atoms with Crippen molar-refractivity contribution in [2.45, 2.75) is 25.9 Å². The fourth-order valence-electron chi connectivity index (χ4n) is 1.04. The highest BCUT2D eigenvalue weighted by Gasteiger charge is 2.25. The minimum Gasteiger partial charge on any atom is -0.242 e. The van der Waals surface area contributed by atoms with Crippen molar-refractivity contribution in [3.05, 3.63) is 0 Å². The maximum Gasteiger partial charge on any atom is 0.0302 e. The van der Waals surface area contributed by atoms with Gasteiger partial charge in [0.2, 0.25) is 0 Å². The van der Waals surface area contributed by atoms with Gasteiger partial charge >= 0.3 is 0 Å². The summed E-state index contributed by atoms with van der Waals surface area (Å²) >= 11 is 4.82. The molecule has 0 N–H and O–H groups in total. The van der Waals surface area contributed by atoms with E-state index in [0.29, 0.717) is 12.1 Å². The second-order valence-corrected chi connectivity index (χ2v) is 5.34. The lowest BCUT2D eigenvalue weighted by molar-refractivity contribution is 0.218. The zero-order chi connectivity index (χ0) is 7.72. The number of rotatable bonds is 0. The van der Waals surface area contributed by atoms with Gasteiger partial charge in [-0.15, -0.1) is 0 Å². The number of halogens is 2. The van der Waals surface area contributed by atoms with Crippen molar-refractivity contribution in [2.75, 3.05) is 13.1 Å². The van der Waals surface area contributed by atoms with Crippen molar-refractivity contribution < 1.29 is 0 Å². The third kappa shape index (κ3) is 2.18. The molecule has 0 aliphatic carbocycles. The van der Waals surface area contributed by atoms with Crippen LogP contribution in [0.25, 0.3) is 0 Å². The van der Waals surface area contributed by atoms with Gasteiger partial charge in [-0.2, -0.15) is 0 Å². The molecule has 0 aromatic heterocycles. The summed E-state index contributed by atoms with van der Waals surface area (Å²) in [6.07, 6.45) is 0. The zero-order valence-corrected chi connectivity index (χ0v) is 10.5. The van der Waals surface area contributed by atoms with Crippen LogP contribution in [0.5, 0.6) is 0 Å². The van der Waals surface area contributed by atoms with Crippen LogP contribution in [0.1, 0.15) is 13.8 Å². The molecule has 1 rings (SSSR count). The quantitative estimate of drug-likeness (QED) is 0.479. The van der Waals surface area contributed by atoms with E-state index in [4.69, 9.17) is 0 Å². The molecule has 1 heterocycles. The van der Waals surface area contributed by atoms with Gasteiger partial charge in [0.1, 0.15) is 0 Å². The molecule has 2 nitrogen and oxygen atoms in total. The first-order valence-corrected chi connectivity index (χ1v) is 5.39. The SMILES string of the molecule is C[C@@H]1CN(I)[C@@H](C)CN1I. The van der Waals surface area contributed by atoms with E-state index >= 15 is 0 Å². The molecule has 1 fully saturated rings. The fourth-order valence-corrected chi connectivity index (χ4v) is 2.53. The second kappa shape index (κ2) is 3.86. The maximum absolute atomic E-state index is 2.41. The first-order valence-electron chi connectivity index (χ1n) is 3.46. The summed E-state index contributed by atoms with van der Waals surface area (Å²) in [5.41, 5.74) is 0. The van der Waals surface area contributed by atoms with Gasteiger partial charge in [0, 0.05) is 70.9 Å². The lowest BCUT2D eigenvalue weighted by Gasteiger charge is -2.37. The van der Waals surface area contributed by atoms with Crippen molar-refractivity contribution >= 4 is 45.7 Å². The molecule has 0 radical (unpaired) electrons. The first-order chi connectivity index (χ1) is 4.61. The topological polar surface area (TPSA) is 6.48 Å². The third-order valence-corrected chi connectivity index (χ3v) is 4.52. The molecule has 60 valence electrons. The number of nitrogens with zero attached hydrogens (tertiary/aromatic N) is 2. The van der Waals surface area contributed by atoms with Crippen LogP contribution in [0.15, 0.2) is 0 Å². The molecule has 0 amide bonds. The fraction of sp³-hybridized carbons (Fsp3) is 1.00. The van der Waals surface area contributed by atoms with Crippen molar-refractivity contribution in [2.24, 2.45) is 0 Å². The lowest BCUT2D eigenvalue weighted by atomic mass is 10.2. The monoisotopic (exact) mass is 366 g/mol. The normalized spacial score (nSPS) is 38.4. The maximum atomic E-state index is 2.41. The summed E-state index contributed by atoms with van der Waals surface area (Å²) in [5, 5.41) is 0. The Bertz CT molecular complexity index is 94.3. The minimum atomic E-state index is 0.702. The van der Waals surface area contributed by atoms with Gasteiger partial charge in [-0.25, -0.2) is 6.23 Å². The number of hydrogen-bond donors (Lipinski definition) is 0. The summed E-state index contributed by atoms with van der Waals surface area (Å²) in [4.78, 5) is 0. The molecular weight excluding hydrogens is 354 g/mol. The van der Waals surface area contributed by atoms with Gasteiger partial charge in [-0.05, 0) is 13.8 Å². The van der Waals surface area contributed by atoms with Gasteiger partial charge in [-0.3, -0.25) is 0 Å². The van der Waals surface area contributed by atoms with Crippen molar-refractivity contribution in [3.63, 3.8) is 0 Å². The minimum absolute atomic E-state index is 0.702. The van der Waals surface area contributed by atoms with E-state index in [2.05, 4.69) is 65.8 Å². The smallest absolute Gasteiger partial charge is 0.0302 e. The van der Waals surface area contributed by atoms with Crippen molar-refractivity contribution in [3.8, 4) is 0 Å². The van der Waals surface area contributed by atoms with Crippen LogP contribution in [0, 0.1) is 0 Å². The van der Waals surface area contributed by atoms with E-state index < -0.39 is 0 Å². The molecule has 2 atom stereocenters. The van der Waals surface area contributed by atoms with Gasteiger partial charge in [0.25, 0.3) is 0 Å². The summed E-state index contributed by atoms with van der Waals surface area (Å²) < 4.78 is 4.77. The summed E-state index contributed by atoms with van der Waals surface area (Å²) in [6, 6.07) is 1.40. The Kier molecular flexibility index (Phi) is 3.66. The van der Waals surface area contributed by atoms with E-state index in [1.165, 1.54) is 13.1 Å². The molecule has 10 heavy (non-hydrogen) atoms. The molecule has 0 spiro atoms. The van der Waals surface area contributed by atoms with Crippen LogP contribution in [0.3, 0.4) is 0 Å². The van der Waals surface area contributed by atoms with Gasteiger partial charge in [-0.1, -0.05) is 0 Å². The van der Waals surface area contributed by atoms with Crippen molar-refractivity contribution in [1.29, 1.82) is 0 Å². The molecular formula is C6H12I2N2. The average molecular weight is 366 g/mol. The Balaban J connectivity index is 2.46. The van der Waals surface area contributed by atoms with Crippen LogP contribution < -0.4 is 0 Å². The predicted molar refractivity (Wildman–Crippen MR) is 60.4 cm³/mol. The van der Waals surface area contributed by atoms with Gasteiger partial charge < -0.3 is 0 Å². The van der Waals surface area contributed by atoms with Crippen LogP contribution in [-0.2, 0) is 0 Å². The van der Waals surface area contributed by atoms with E-state index in [1.807, 2.05) is 0 Å². The number of piperazine rings is 1. The Labute approximate surface area is 90.3 Å². The molecule has 0 aromatic rings. The molecule has 1 saturated heterocycles. The molecule has 1 aliphatic heterocycles. The van der Waals surface area contributed by atoms with Gasteiger partial charge in [0.05, 0.1) is 0 Å². The molecule has 0 saturated carbocycles. The second-order valence-electron chi connectivity index (χ2n) is 2.86. The Hall–Kier alpha value is 1.38. The Morgan fingerprint density at radius 2 is 1.30 bits per heavy atom. The largest absolute Gasteiger partial charge is 0.242 e. The lowest BCUT2D eigenvalue weighted by Crippen LogP contribution is -2.48. The Morgan fingerprint density at radius 1 is 1.00 bits per heavy atom. The third-order valence-electron chi connectivity index (χ3n) is 1.83. The molecule has 0 bridgehead atoms. The summed E-state index contributed by atoms with van der Waals surface area (Å²) in [7, 11) is 0. The summed E-state index contributed by atoms with van der Waals surface area (Å²) in [5.74, 6) is 0. The van der Waals surface area contributed by atoms with Crippen LogP contribution >= 0.6 is 45.7 Å². The van der Waals surface area contributed by atoms with E-state index in [-0.39, 0.29) is 0 Å². The van der Waals surface area contributed by atoms with Crippen LogP contribution in [0.2, 0.25) is 0 Å². The highest BCUT2D eigenvalue weighted by molar-refractivity contribution is 14.1. The zero-order valence-electron chi connectivity index (χ0n) is 6.22. The standard InChI is InChI=1S/C6H12I2N2/c1-5-3-10(8)6(2)4-9(5)7/h5-6H,3-4H2,1-2H3/t5-,6+. The molecule has 0 unspecified atom stereocenters. The van der Waals surface area contributed by atoms with Gasteiger partial charge in [0.15, 0.2) is 0 Å². The van der Waals surface area contributed by atoms with Crippen molar-refractivity contribution in [1.82, 2.24) is 6.23 Å². The van der Waals surface area contributed by atoms with E-state index in [9.17, 15) is 0 Å². The molecule has 4 heteroatoms. The molecule has 1 aliphatic rings. The highest BCUT2D eigenvalue weighted by atomic mass is 127. The average Bonchev–Trinajstić information content (AvgIpc) is 1.84. The van der Waals surface area contributed by atoms with Crippen LogP contribution in [0.4, 0.5) is 0 Å². The first kappa shape index (κ1) is 9.47. The van der Waals surface area contributed by atoms with E-state index in [0.717, 1.165) is 0 Å². The number of hydrogen-bond acceptors (Lipinski definition) is 2. The van der Waals surface area contributed by atoms with E-state index in [1.54, 1.807) is 0 Å². The van der Waals surface area contributed by atoms with Crippen LogP contribution in [-0.4, -0.2) is 31.4 Å². The highest BCUT2D eigenvalue weighted by Crippen LogP contribution is 2.20. The predicted octanol–water partition coefficient (Wildman–Crippen LogP) is 2.08. The Morgan fingerprint density at radius 3 is 1.60 bits per heavy atom. The summed E-state index contributed by atoms with van der Waals surface area (Å²) in [6.45, 7) is 6.91.